The van der Waals surface area contributed by atoms with Crippen molar-refractivity contribution in [3.8, 4) is 0 Å². The fourth-order valence-electron chi connectivity index (χ4n) is 1.41. The number of rotatable bonds is 3. The van der Waals surface area contributed by atoms with Gasteiger partial charge in [0.15, 0.2) is 0 Å². The molecule has 15 heavy (non-hydrogen) atoms. The lowest BCUT2D eigenvalue weighted by atomic mass is 10.0. The van der Waals surface area contributed by atoms with E-state index in [2.05, 4.69) is 0 Å². The number of carbonyl (C=O) groups excluding carboxylic acids is 2. The second-order valence-electron chi connectivity index (χ2n) is 3.43. The zero-order chi connectivity index (χ0) is 12.0. The molecule has 1 aliphatic heterocycles. The fourth-order valence-corrected chi connectivity index (χ4v) is 1.41. The van der Waals surface area contributed by atoms with E-state index in [0.717, 1.165) is 0 Å². The zero-order valence-electron chi connectivity index (χ0n) is 9.86. The van der Waals surface area contributed by atoms with Crippen LogP contribution in [0.25, 0.3) is 0 Å². The summed E-state index contributed by atoms with van der Waals surface area (Å²) in [7, 11) is 0. The smallest absolute Gasteiger partial charge is 0.253 e. The van der Waals surface area contributed by atoms with Crippen molar-refractivity contribution >= 4 is 11.8 Å². The van der Waals surface area contributed by atoms with Gasteiger partial charge in [0, 0.05) is 18.7 Å². The van der Waals surface area contributed by atoms with Gasteiger partial charge in [0.2, 0.25) is 0 Å². The average Bonchev–Trinajstić information content (AvgIpc) is 2.53. The molecule has 0 aromatic carbocycles. The van der Waals surface area contributed by atoms with E-state index in [1.165, 1.54) is 17.1 Å². The molecule has 0 aliphatic carbocycles. The van der Waals surface area contributed by atoms with Crippen LogP contribution in [0.4, 0.5) is 0 Å². The van der Waals surface area contributed by atoms with E-state index >= 15 is 0 Å². The molecule has 0 radical (unpaired) electrons. The molecular formula is C11H20N2O2. The van der Waals surface area contributed by atoms with Crippen molar-refractivity contribution in [3.05, 3.63) is 12.2 Å². The SMILES string of the molecule is CC.CC(C)C(CN)N1C(=O)C=CC1=O. The molecule has 1 atom stereocenters. The van der Waals surface area contributed by atoms with Gasteiger partial charge in [-0.2, -0.15) is 0 Å². The molecule has 1 heterocycles. The van der Waals surface area contributed by atoms with Crippen LogP contribution in [-0.4, -0.2) is 29.3 Å². The highest BCUT2D eigenvalue weighted by Crippen LogP contribution is 2.14. The first-order valence-corrected chi connectivity index (χ1v) is 5.33. The lowest BCUT2D eigenvalue weighted by Gasteiger charge is -2.27. The quantitative estimate of drug-likeness (QED) is 0.707. The van der Waals surface area contributed by atoms with Crippen LogP contribution in [0.3, 0.4) is 0 Å². The molecule has 0 fully saturated rings. The minimum absolute atomic E-state index is 0.185. The summed E-state index contributed by atoms with van der Waals surface area (Å²) in [5.41, 5.74) is 5.50. The molecule has 4 nitrogen and oxygen atoms in total. The summed E-state index contributed by atoms with van der Waals surface area (Å²) >= 11 is 0. The van der Waals surface area contributed by atoms with Gasteiger partial charge >= 0.3 is 0 Å². The van der Waals surface area contributed by atoms with Crippen molar-refractivity contribution in [2.75, 3.05) is 6.54 Å². The normalized spacial score (nSPS) is 16.8. The van der Waals surface area contributed by atoms with Crippen LogP contribution in [0.15, 0.2) is 12.2 Å². The fraction of sp³-hybridized carbons (Fsp3) is 0.636. The Kier molecular flexibility index (Phi) is 5.86. The highest BCUT2D eigenvalue weighted by molar-refractivity contribution is 6.13. The Morgan fingerprint density at radius 2 is 1.60 bits per heavy atom. The van der Waals surface area contributed by atoms with Gasteiger partial charge in [0.05, 0.1) is 6.04 Å². The van der Waals surface area contributed by atoms with Crippen LogP contribution in [0.5, 0.6) is 0 Å². The number of imide groups is 1. The molecular weight excluding hydrogens is 192 g/mol. The van der Waals surface area contributed by atoms with E-state index in [4.69, 9.17) is 5.73 Å². The standard InChI is InChI=1S/C9H14N2O2.C2H6/c1-6(2)7(5-10)11-8(12)3-4-9(11)13;1-2/h3-4,6-7H,5,10H2,1-2H3;1-2H3. The Morgan fingerprint density at radius 3 is 1.87 bits per heavy atom. The maximum Gasteiger partial charge on any atom is 0.253 e. The first-order valence-electron chi connectivity index (χ1n) is 5.33. The van der Waals surface area contributed by atoms with Crippen molar-refractivity contribution in [1.29, 1.82) is 0 Å². The monoisotopic (exact) mass is 212 g/mol. The molecule has 0 saturated heterocycles. The molecule has 0 spiro atoms. The molecule has 4 heteroatoms. The molecule has 86 valence electrons. The van der Waals surface area contributed by atoms with Crippen LogP contribution in [-0.2, 0) is 9.59 Å². The number of nitrogens with zero attached hydrogens (tertiary/aromatic N) is 1. The third kappa shape index (κ3) is 3.16. The average molecular weight is 212 g/mol. The third-order valence-corrected chi connectivity index (χ3v) is 2.19. The summed E-state index contributed by atoms with van der Waals surface area (Å²) in [6.45, 7) is 8.20. The van der Waals surface area contributed by atoms with Gasteiger partial charge in [-0.15, -0.1) is 0 Å². The van der Waals surface area contributed by atoms with Gasteiger partial charge in [-0.05, 0) is 5.92 Å². The number of amides is 2. The molecule has 2 N–H and O–H groups in total. The van der Waals surface area contributed by atoms with E-state index in [1.54, 1.807) is 0 Å². The largest absolute Gasteiger partial charge is 0.328 e. The lowest BCUT2D eigenvalue weighted by molar-refractivity contribution is -0.140. The third-order valence-electron chi connectivity index (χ3n) is 2.19. The first-order chi connectivity index (χ1) is 7.07. The number of nitrogens with two attached hydrogens (primary N) is 1. The van der Waals surface area contributed by atoms with E-state index in [9.17, 15) is 9.59 Å². The molecule has 1 rings (SSSR count). The van der Waals surface area contributed by atoms with Crippen molar-refractivity contribution in [1.82, 2.24) is 4.90 Å². The van der Waals surface area contributed by atoms with Gasteiger partial charge in [-0.1, -0.05) is 27.7 Å². The summed E-state index contributed by atoms with van der Waals surface area (Å²) in [4.78, 5) is 23.7. The van der Waals surface area contributed by atoms with Gasteiger partial charge in [0.25, 0.3) is 11.8 Å². The van der Waals surface area contributed by atoms with Crippen molar-refractivity contribution in [2.45, 2.75) is 33.7 Å². The second-order valence-corrected chi connectivity index (χ2v) is 3.43. The summed E-state index contributed by atoms with van der Waals surface area (Å²) in [5.74, 6) is -0.318. The van der Waals surface area contributed by atoms with Crippen LogP contribution in [0.2, 0.25) is 0 Å². The summed E-state index contributed by atoms with van der Waals surface area (Å²) in [6.07, 6.45) is 2.57. The van der Waals surface area contributed by atoms with E-state index in [1.807, 2.05) is 27.7 Å². The van der Waals surface area contributed by atoms with E-state index in [0.29, 0.717) is 6.54 Å². The Labute approximate surface area is 91.1 Å². The van der Waals surface area contributed by atoms with Crippen LogP contribution in [0, 0.1) is 5.92 Å². The molecule has 0 aromatic heterocycles. The predicted molar refractivity (Wildman–Crippen MR) is 60.0 cm³/mol. The maximum atomic E-state index is 11.3. The molecule has 1 aliphatic rings. The number of carbonyl (C=O) groups is 2. The van der Waals surface area contributed by atoms with Gasteiger partial charge in [0.1, 0.15) is 0 Å². The van der Waals surface area contributed by atoms with E-state index < -0.39 is 0 Å². The Hall–Kier alpha value is -1.16. The number of hydrogen-bond donors (Lipinski definition) is 1. The Balaban J connectivity index is 0.000000921. The molecule has 0 bridgehead atoms. The van der Waals surface area contributed by atoms with E-state index in [-0.39, 0.29) is 23.8 Å². The van der Waals surface area contributed by atoms with Crippen molar-refractivity contribution in [2.24, 2.45) is 11.7 Å². The Morgan fingerprint density at radius 1 is 1.20 bits per heavy atom. The van der Waals surface area contributed by atoms with Crippen molar-refractivity contribution in [3.63, 3.8) is 0 Å². The lowest BCUT2D eigenvalue weighted by Crippen LogP contribution is -2.47. The molecule has 0 saturated carbocycles. The highest BCUT2D eigenvalue weighted by Gasteiger charge is 2.31. The van der Waals surface area contributed by atoms with Gasteiger partial charge < -0.3 is 5.73 Å². The molecule has 1 unspecified atom stereocenters. The maximum absolute atomic E-state index is 11.3. The van der Waals surface area contributed by atoms with Crippen LogP contribution < -0.4 is 5.73 Å². The molecule has 0 aromatic rings. The second kappa shape index (κ2) is 6.35. The Bertz CT molecular complexity index is 241. The minimum Gasteiger partial charge on any atom is -0.328 e. The summed E-state index contributed by atoms with van der Waals surface area (Å²) < 4.78 is 0. The van der Waals surface area contributed by atoms with Gasteiger partial charge in [-0.25, -0.2) is 0 Å². The summed E-state index contributed by atoms with van der Waals surface area (Å²) in [5, 5.41) is 0. The van der Waals surface area contributed by atoms with Crippen molar-refractivity contribution < 1.29 is 9.59 Å². The predicted octanol–water partition coefficient (Wildman–Crippen LogP) is 0.921. The minimum atomic E-state index is -0.255. The van der Waals surface area contributed by atoms with Crippen LogP contribution in [0.1, 0.15) is 27.7 Å². The molecule has 2 amide bonds. The topological polar surface area (TPSA) is 63.4 Å². The zero-order valence-corrected chi connectivity index (χ0v) is 9.86. The number of hydrogen-bond acceptors (Lipinski definition) is 3. The highest BCUT2D eigenvalue weighted by atomic mass is 16.2. The first kappa shape index (κ1) is 13.8. The van der Waals surface area contributed by atoms with Crippen LogP contribution >= 0.6 is 0 Å². The summed E-state index contributed by atoms with van der Waals surface area (Å²) in [6, 6.07) is -0.185. The van der Waals surface area contributed by atoms with Gasteiger partial charge in [-0.3, -0.25) is 14.5 Å².